The predicted octanol–water partition coefficient (Wildman–Crippen LogP) is 5.39. The number of halogens is 1. The van der Waals surface area contributed by atoms with Gasteiger partial charge in [-0.1, -0.05) is 47.5 Å². The van der Waals surface area contributed by atoms with Crippen molar-refractivity contribution >= 4 is 17.3 Å². The topological polar surface area (TPSA) is 28.1 Å². The van der Waals surface area contributed by atoms with Crippen molar-refractivity contribution in [2.24, 2.45) is 5.10 Å². The molecule has 152 valence electrons. The highest BCUT2D eigenvalue weighted by Gasteiger charge is 2.52. The number of fused-ring (bicyclic) bond motifs is 4. The lowest BCUT2D eigenvalue weighted by molar-refractivity contribution is -0.152. The number of aryl methyl sites for hydroxylation is 1. The number of hydrazone groups is 1. The van der Waals surface area contributed by atoms with E-state index < -0.39 is 0 Å². The van der Waals surface area contributed by atoms with Gasteiger partial charge in [0.1, 0.15) is 5.75 Å². The average Bonchev–Trinajstić information content (AvgIpc) is 3.16. The van der Waals surface area contributed by atoms with Crippen LogP contribution in [0.1, 0.15) is 55.8 Å². The maximum atomic E-state index is 6.73. The smallest absolute Gasteiger partial charge is 0.200 e. The predicted molar refractivity (Wildman–Crippen MR) is 118 cm³/mol. The van der Waals surface area contributed by atoms with E-state index in [-0.39, 0.29) is 11.8 Å². The summed E-state index contributed by atoms with van der Waals surface area (Å²) in [5, 5.41) is 8.17. The van der Waals surface area contributed by atoms with Gasteiger partial charge in [0.05, 0.1) is 11.8 Å². The number of likely N-dealkylation sites (tertiary alicyclic amines) is 1. The fourth-order valence-corrected chi connectivity index (χ4v) is 5.22. The number of piperidine rings is 1. The van der Waals surface area contributed by atoms with Crippen molar-refractivity contribution in [2.45, 2.75) is 57.8 Å². The molecule has 3 aliphatic rings. The van der Waals surface area contributed by atoms with E-state index in [1.165, 1.54) is 11.1 Å². The van der Waals surface area contributed by atoms with Crippen molar-refractivity contribution in [3.8, 4) is 5.75 Å². The summed E-state index contributed by atoms with van der Waals surface area (Å²) in [6.45, 7) is 8.73. The van der Waals surface area contributed by atoms with Crippen molar-refractivity contribution in [1.29, 1.82) is 0 Å². The molecule has 0 bridgehead atoms. The van der Waals surface area contributed by atoms with Gasteiger partial charge in [-0.05, 0) is 32.9 Å². The minimum atomic E-state index is -0.374. The number of benzene rings is 2. The van der Waals surface area contributed by atoms with Gasteiger partial charge < -0.3 is 9.64 Å². The zero-order chi connectivity index (χ0) is 20.2. The SMILES string of the molecule is Cc1ccc2c(c1)C1CC(c3ccccc3Cl)=NN1C1(CCN(C(C)C)CC1)O2. The molecule has 1 spiro atoms. The summed E-state index contributed by atoms with van der Waals surface area (Å²) in [5.74, 6) is 1.02. The molecule has 5 heteroatoms. The summed E-state index contributed by atoms with van der Waals surface area (Å²) in [6, 6.07) is 15.3. The Kier molecular flexibility index (Phi) is 4.60. The summed E-state index contributed by atoms with van der Waals surface area (Å²) in [4.78, 5) is 2.53. The number of nitrogens with zero attached hydrogens (tertiary/aromatic N) is 3. The highest BCUT2D eigenvalue weighted by atomic mass is 35.5. The summed E-state index contributed by atoms with van der Waals surface area (Å²) >= 11 is 6.52. The Balaban J connectivity index is 1.56. The van der Waals surface area contributed by atoms with E-state index in [4.69, 9.17) is 21.4 Å². The third kappa shape index (κ3) is 3.13. The van der Waals surface area contributed by atoms with E-state index in [9.17, 15) is 0 Å². The first-order valence-corrected chi connectivity index (χ1v) is 11.0. The largest absolute Gasteiger partial charge is 0.466 e. The summed E-state index contributed by atoms with van der Waals surface area (Å²) in [5.41, 5.74) is 4.22. The number of hydrogen-bond acceptors (Lipinski definition) is 4. The van der Waals surface area contributed by atoms with Gasteiger partial charge in [0.15, 0.2) is 0 Å². The Hall–Kier alpha value is -2.04. The van der Waals surface area contributed by atoms with E-state index in [0.717, 1.165) is 54.4 Å². The molecule has 1 unspecified atom stereocenters. The standard InChI is InChI=1S/C24H28ClN3O/c1-16(2)27-12-10-24(11-13-27)28-22(19-14-17(3)8-9-23(19)29-24)15-21(26-28)18-6-4-5-7-20(18)25/h4-9,14,16,22H,10-13,15H2,1-3H3. The molecule has 0 N–H and O–H groups in total. The fourth-order valence-electron chi connectivity index (χ4n) is 4.98. The fraction of sp³-hybridized carbons (Fsp3) is 0.458. The lowest BCUT2D eigenvalue weighted by Gasteiger charge is -2.51. The second-order valence-electron chi connectivity index (χ2n) is 8.81. The van der Waals surface area contributed by atoms with Gasteiger partial charge in [0.25, 0.3) is 0 Å². The van der Waals surface area contributed by atoms with Crippen LogP contribution in [0.3, 0.4) is 0 Å². The van der Waals surface area contributed by atoms with Crippen molar-refractivity contribution in [1.82, 2.24) is 9.91 Å². The van der Waals surface area contributed by atoms with E-state index in [2.05, 4.69) is 54.9 Å². The maximum Gasteiger partial charge on any atom is 0.200 e. The zero-order valence-electron chi connectivity index (χ0n) is 17.4. The Bertz CT molecular complexity index is 962. The molecule has 0 radical (unpaired) electrons. The van der Waals surface area contributed by atoms with Gasteiger partial charge in [0, 0.05) is 54.5 Å². The van der Waals surface area contributed by atoms with Gasteiger partial charge in [-0.25, -0.2) is 5.01 Å². The molecule has 2 aromatic carbocycles. The molecule has 5 rings (SSSR count). The summed E-state index contributed by atoms with van der Waals surface area (Å²) in [6.07, 6.45) is 2.77. The molecule has 1 fully saturated rings. The van der Waals surface area contributed by atoms with E-state index >= 15 is 0 Å². The molecule has 1 saturated heterocycles. The van der Waals surface area contributed by atoms with Crippen LogP contribution in [0.4, 0.5) is 0 Å². The molecule has 4 nitrogen and oxygen atoms in total. The first-order chi connectivity index (χ1) is 14.0. The average molecular weight is 410 g/mol. The van der Waals surface area contributed by atoms with Crippen molar-refractivity contribution in [3.05, 3.63) is 64.2 Å². The summed E-state index contributed by atoms with van der Waals surface area (Å²) in [7, 11) is 0. The van der Waals surface area contributed by atoms with Crippen LogP contribution in [0.5, 0.6) is 5.75 Å². The Morgan fingerprint density at radius 3 is 2.62 bits per heavy atom. The molecule has 0 aliphatic carbocycles. The molecule has 0 aromatic heterocycles. The first kappa shape index (κ1) is 19.0. The van der Waals surface area contributed by atoms with Gasteiger partial charge in [-0.2, -0.15) is 5.10 Å². The first-order valence-electron chi connectivity index (χ1n) is 10.6. The number of rotatable bonds is 2. The molecule has 0 amide bonds. The van der Waals surface area contributed by atoms with Crippen LogP contribution in [0, 0.1) is 6.92 Å². The van der Waals surface area contributed by atoms with Crippen molar-refractivity contribution < 1.29 is 4.74 Å². The van der Waals surface area contributed by atoms with Crippen molar-refractivity contribution in [3.63, 3.8) is 0 Å². The second kappa shape index (κ2) is 7.03. The highest BCUT2D eigenvalue weighted by molar-refractivity contribution is 6.34. The molecule has 0 saturated carbocycles. The minimum Gasteiger partial charge on any atom is -0.466 e. The quantitative estimate of drug-likeness (QED) is 0.665. The van der Waals surface area contributed by atoms with E-state index in [0.29, 0.717) is 6.04 Å². The van der Waals surface area contributed by atoms with Gasteiger partial charge >= 0.3 is 0 Å². The van der Waals surface area contributed by atoms with Gasteiger partial charge in [0.2, 0.25) is 5.72 Å². The van der Waals surface area contributed by atoms with Gasteiger partial charge in [-0.15, -0.1) is 0 Å². The highest BCUT2D eigenvalue weighted by Crippen LogP contribution is 2.50. The second-order valence-corrected chi connectivity index (χ2v) is 9.22. The van der Waals surface area contributed by atoms with E-state index in [1.807, 2.05) is 18.2 Å². The van der Waals surface area contributed by atoms with Crippen LogP contribution in [-0.4, -0.2) is 40.5 Å². The van der Waals surface area contributed by atoms with Crippen LogP contribution in [-0.2, 0) is 0 Å². The minimum absolute atomic E-state index is 0.204. The molecule has 1 atom stereocenters. The Labute approximate surface area is 178 Å². The number of ether oxygens (including phenoxy) is 1. The Morgan fingerprint density at radius 2 is 1.90 bits per heavy atom. The van der Waals surface area contributed by atoms with Gasteiger partial charge in [-0.3, -0.25) is 0 Å². The molecular weight excluding hydrogens is 382 g/mol. The molecule has 2 aromatic rings. The normalized spacial score (nSPS) is 23.0. The molecule has 3 heterocycles. The molecule has 3 aliphatic heterocycles. The third-order valence-corrected chi connectivity index (χ3v) is 6.98. The Morgan fingerprint density at radius 1 is 1.14 bits per heavy atom. The van der Waals surface area contributed by atoms with Crippen LogP contribution < -0.4 is 4.74 Å². The van der Waals surface area contributed by atoms with Crippen LogP contribution >= 0.6 is 11.6 Å². The third-order valence-electron chi connectivity index (χ3n) is 6.65. The summed E-state index contributed by atoms with van der Waals surface area (Å²) < 4.78 is 6.73. The molecule has 29 heavy (non-hydrogen) atoms. The van der Waals surface area contributed by atoms with Crippen molar-refractivity contribution in [2.75, 3.05) is 13.1 Å². The maximum absolute atomic E-state index is 6.73. The lowest BCUT2D eigenvalue weighted by atomic mass is 9.90. The van der Waals surface area contributed by atoms with Crippen LogP contribution in [0.2, 0.25) is 5.02 Å². The monoisotopic (exact) mass is 409 g/mol. The zero-order valence-corrected chi connectivity index (χ0v) is 18.1. The van der Waals surface area contributed by atoms with E-state index in [1.54, 1.807) is 0 Å². The number of hydrogen-bond donors (Lipinski definition) is 0. The van der Waals surface area contributed by atoms with Crippen LogP contribution in [0.15, 0.2) is 47.6 Å². The molecular formula is C24H28ClN3O. The lowest BCUT2D eigenvalue weighted by Crippen LogP contribution is -2.59. The van der Waals surface area contributed by atoms with Crippen LogP contribution in [0.25, 0.3) is 0 Å².